The van der Waals surface area contributed by atoms with Gasteiger partial charge in [0.2, 0.25) is 5.91 Å². The number of hydrogen-bond acceptors (Lipinski definition) is 9. The van der Waals surface area contributed by atoms with Crippen LogP contribution in [0.25, 0.3) is 0 Å². The first kappa shape index (κ1) is 39.8. The van der Waals surface area contributed by atoms with Gasteiger partial charge in [-0.3, -0.25) is 9.59 Å². The SMILES string of the molecule is CC(C)[C@@H](C)[C@@H]1O[C@H]1[C@@]1(O)CC=C[C@@H]2C[C@H]3C(=CC(=O)[C@]4(CO)C[C@@H](O)[C@@H](O)C[C@]34C)[C@]3(O)CC[C@H]1[C@@]23CCc1cc(O)cc(N2CCC3(CCCCC3)C2=O)c1. The number of aliphatic hydroxyl groups is 5. The van der Waals surface area contributed by atoms with Crippen LogP contribution in [-0.2, 0) is 20.7 Å². The van der Waals surface area contributed by atoms with Crippen molar-refractivity contribution in [2.75, 3.05) is 18.1 Å². The highest BCUT2D eigenvalue weighted by molar-refractivity contribution is 6.00. The Labute approximate surface area is 337 Å². The van der Waals surface area contributed by atoms with Gasteiger partial charge >= 0.3 is 0 Å². The molecule has 4 saturated carbocycles. The minimum absolute atomic E-state index is 0.0539. The lowest BCUT2D eigenvalue weighted by Gasteiger charge is -2.66. The van der Waals surface area contributed by atoms with Crippen molar-refractivity contribution in [1.82, 2.24) is 0 Å². The third kappa shape index (κ3) is 5.42. The van der Waals surface area contributed by atoms with Crippen LogP contribution in [0.2, 0.25) is 0 Å². The number of phenols is 1. The Balaban J connectivity index is 1.13. The second kappa shape index (κ2) is 13.5. The standard InChI is InChI=1S/C47H65NO9/c1-27(2)28(3)39-40(57-39)46(55)14-8-9-30-21-33-34(23-38(53)44(26-49)25-36(52)35(51)24-42(33,44)4)47(56)16-11-37(46)45(30,47)15-10-29-19-31(22-32(50)20-29)48-18-17-43(41(48)54)12-6-5-7-13-43/h8-9,19-20,22-23,27-28,30,33,35-37,39-40,49-52,55-56H,5-7,10-18,21,24-26H2,1-4H3/t28-,30-,33+,35+,36-,37+,39+,40-,42-,44-,45-,46-,47-/m1/s1. The zero-order chi connectivity index (χ0) is 40.5. The van der Waals surface area contributed by atoms with Gasteiger partial charge in [-0.1, -0.05) is 59.1 Å². The molecule has 1 amide bonds. The lowest BCUT2D eigenvalue weighted by Crippen LogP contribution is -2.69. The topological polar surface area (TPSA) is 171 Å². The molecule has 2 aliphatic heterocycles. The molecule has 6 fully saturated rings. The number of epoxide rings is 1. The first-order chi connectivity index (χ1) is 27.0. The fourth-order valence-electron chi connectivity index (χ4n) is 14.5. The van der Waals surface area contributed by atoms with Gasteiger partial charge in [-0.25, -0.2) is 0 Å². The third-order valence-electron chi connectivity index (χ3n) is 18.1. The molecule has 0 bridgehead atoms. The second-order valence-electron chi connectivity index (χ2n) is 20.7. The number of amides is 1. The Morgan fingerprint density at radius 1 is 0.965 bits per heavy atom. The highest BCUT2D eigenvalue weighted by atomic mass is 16.6. The maximum absolute atomic E-state index is 14.5. The molecule has 6 aliphatic carbocycles. The van der Waals surface area contributed by atoms with E-state index in [9.17, 15) is 40.2 Å². The van der Waals surface area contributed by atoms with Gasteiger partial charge in [-0.2, -0.15) is 0 Å². The van der Waals surface area contributed by atoms with Crippen molar-refractivity contribution in [3.05, 3.63) is 47.6 Å². The molecule has 6 N–H and O–H groups in total. The van der Waals surface area contributed by atoms with E-state index in [1.54, 1.807) is 18.2 Å². The van der Waals surface area contributed by atoms with Crippen LogP contribution in [0.1, 0.15) is 117 Å². The summed E-state index contributed by atoms with van der Waals surface area (Å²) >= 11 is 0. The van der Waals surface area contributed by atoms with Gasteiger partial charge in [0.05, 0.1) is 41.3 Å². The molecule has 13 atom stereocenters. The molecule has 8 aliphatic rings. The summed E-state index contributed by atoms with van der Waals surface area (Å²) in [5.41, 5.74) is -4.11. The molecule has 2 heterocycles. The predicted octanol–water partition coefficient (Wildman–Crippen LogP) is 5.54. The first-order valence-corrected chi connectivity index (χ1v) is 22.2. The molecule has 1 aromatic rings. The number of aliphatic hydroxyl groups excluding tert-OH is 3. The number of carbonyl (C=O) groups excluding carboxylic acids is 2. The summed E-state index contributed by atoms with van der Waals surface area (Å²) in [6, 6.07) is 5.45. The maximum Gasteiger partial charge on any atom is 0.233 e. The van der Waals surface area contributed by atoms with Crippen molar-refractivity contribution >= 4 is 17.4 Å². The summed E-state index contributed by atoms with van der Waals surface area (Å²) in [6.45, 7) is 8.62. The molecular weight excluding hydrogens is 723 g/mol. The van der Waals surface area contributed by atoms with Crippen molar-refractivity contribution in [1.29, 1.82) is 0 Å². The van der Waals surface area contributed by atoms with E-state index in [2.05, 4.69) is 32.9 Å². The average Bonchev–Trinajstić information content (AvgIpc) is 3.87. The Morgan fingerprint density at radius 3 is 2.42 bits per heavy atom. The molecule has 0 aromatic heterocycles. The number of phenolic OH excluding ortho intramolecular Hbond substituents is 1. The number of allylic oxidation sites excluding steroid dienone is 2. The summed E-state index contributed by atoms with van der Waals surface area (Å²) < 4.78 is 6.43. The normalized spacial score (nSPS) is 45.1. The Hall–Kier alpha value is -2.60. The van der Waals surface area contributed by atoms with Gasteiger partial charge in [0, 0.05) is 29.6 Å². The van der Waals surface area contributed by atoms with Crippen LogP contribution in [0, 0.1) is 51.2 Å². The number of ether oxygens (including phenoxy) is 1. The van der Waals surface area contributed by atoms with Crippen molar-refractivity contribution in [3.63, 3.8) is 0 Å². The number of nitrogens with zero attached hydrogens (tertiary/aromatic N) is 1. The van der Waals surface area contributed by atoms with Crippen molar-refractivity contribution in [2.24, 2.45) is 51.2 Å². The van der Waals surface area contributed by atoms with Gasteiger partial charge < -0.3 is 40.3 Å². The van der Waals surface area contributed by atoms with Crippen molar-refractivity contribution in [3.8, 4) is 5.75 Å². The number of aromatic hydroxyl groups is 1. The minimum Gasteiger partial charge on any atom is -0.508 e. The molecule has 1 aromatic carbocycles. The Morgan fingerprint density at radius 2 is 1.70 bits per heavy atom. The Bertz CT molecular complexity index is 1870. The molecule has 10 nitrogen and oxygen atoms in total. The fraction of sp³-hybridized carbons (Fsp3) is 0.745. The minimum atomic E-state index is -1.51. The number of hydrogen-bond donors (Lipinski definition) is 6. The van der Waals surface area contributed by atoms with Gasteiger partial charge in [-0.05, 0) is 129 Å². The van der Waals surface area contributed by atoms with Crippen LogP contribution in [-0.4, -0.2) is 91.1 Å². The molecule has 2 saturated heterocycles. The number of carbonyl (C=O) groups is 2. The van der Waals surface area contributed by atoms with E-state index in [0.717, 1.165) is 44.1 Å². The average molecular weight is 788 g/mol. The molecule has 10 heteroatoms. The van der Waals surface area contributed by atoms with E-state index in [4.69, 9.17) is 4.74 Å². The Kier molecular flexibility index (Phi) is 9.40. The molecular formula is C47H65NO9. The van der Waals surface area contributed by atoms with E-state index >= 15 is 0 Å². The van der Waals surface area contributed by atoms with E-state index in [1.807, 2.05) is 17.9 Å². The van der Waals surface area contributed by atoms with Gasteiger partial charge in [-0.15, -0.1) is 0 Å². The number of rotatable bonds is 8. The smallest absolute Gasteiger partial charge is 0.233 e. The van der Waals surface area contributed by atoms with Gasteiger partial charge in [0.1, 0.15) is 17.5 Å². The number of anilines is 1. The van der Waals surface area contributed by atoms with E-state index in [0.29, 0.717) is 62.2 Å². The third-order valence-corrected chi connectivity index (χ3v) is 18.1. The van der Waals surface area contributed by atoms with Crippen LogP contribution >= 0.6 is 0 Å². The lowest BCUT2D eigenvalue weighted by molar-refractivity contribution is -0.203. The van der Waals surface area contributed by atoms with Crippen LogP contribution in [0.15, 0.2) is 42.0 Å². The monoisotopic (exact) mass is 787 g/mol. The molecule has 0 radical (unpaired) electrons. The molecule has 57 heavy (non-hydrogen) atoms. The summed E-state index contributed by atoms with van der Waals surface area (Å²) in [4.78, 5) is 30.3. The zero-order valence-electron chi connectivity index (χ0n) is 34.3. The molecule has 9 rings (SSSR count). The van der Waals surface area contributed by atoms with Crippen molar-refractivity contribution in [2.45, 2.75) is 153 Å². The maximum atomic E-state index is 14.5. The number of fused-ring (bicyclic) bond motifs is 4. The van der Waals surface area contributed by atoms with Crippen LogP contribution in [0.3, 0.4) is 0 Å². The van der Waals surface area contributed by atoms with Crippen LogP contribution < -0.4 is 4.90 Å². The summed E-state index contributed by atoms with van der Waals surface area (Å²) in [7, 11) is 0. The zero-order valence-corrected chi connectivity index (χ0v) is 34.3. The molecule has 1 spiro atoms. The highest BCUT2D eigenvalue weighted by Gasteiger charge is 2.77. The predicted molar refractivity (Wildman–Crippen MR) is 214 cm³/mol. The highest BCUT2D eigenvalue weighted by Crippen LogP contribution is 2.75. The quantitative estimate of drug-likeness (QED) is 0.146. The largest absolute Gasteiger partial charge is 0.508 e. The van der Waals surface area contributed by atoms with Crippen molar-refractivity contribution < 1.29 is 45.0 Å². The molecule has 312 valence electrons. The van der Waals surface area contributed by atoms with Crippen LogP contribution in [0.5, 0.6) is 5.75 Å². The first-order valence-electron chi connectivity index (χ1n) is 22.2. The number of benzene rings is 1. The summed E-state index contributed by atoms with van der Waals surface area (Å²) in [5, 5.41) is 71.0. The lowest BCUT2D eigenvalue weighted by atomic mass is 9.39. The second-order valence-corrected chi connectivity index (χ2v) is 20.7. The van der Waals surface area contributed by atoms with Gasteiger partial charge in [0.15, 0.2) is 5.78 Å². The summed E-state index contributed by atoms with van der Waals surface area (Å²) in [6.07, 6.45) is 11.7. The fourth-order valence-corrected chi connectivity index (χ4v) is 14.5. The summed E-state index contributed by atoms with van der Waals surface area (Å²) in [5.74, 6) is -0.505. The van der Waals surface area contributed by atoms with E-state index in [-0.39, 0.29) is 65.5 Å². The number of aryl methyl sites for hydroxylation is 1. The molecule has 0 unspecified atom stereocenters. The number of ketones is 1. The van der Waals surface area contributed by atoms with Crippen LogP contribution in [0.4, 0.5) is 5.69 Å². The van der Waals surface area contributed by atoms with E-state index < -0.39 is 52.4 Å². The van der Waals surface area contributed by atoms with E-state index in [1.165, 1.54) is 0 Å². The van der Waals surface area contributed by atoms with Gasteiger partial charge in [0.25, 0.3) is 0 Å².